The Balaban J connectivity index is 1.65. The van der Waals surface area contributed by atoms with E-state index in [9.17, 15) is 9.18 Å². The fourth-order valence-corrected chi connectivity index (χ4v) is 2.65. The van der Waals surface area contributed by atoms with Crippen LogP contribution in [0.1, 0.15) is 17.4 Å². The van der Waals surface area contributed by atoms with Gasteiger partial charge in [0.1, 0.15) is 17.6 Å². The van der Waals surface area contributed by atoms with Crippen LogP contribution in [0, 0.1) is 5.82 Å². The molecule has 0 bridgehead atoms. The van der Waals surface area contributed by atoms with Crippen LogP contribution in [0.4, 0.5) is 10.1 Å². The highest BCUT2D eigenvalue weighted by molar-refractivity contribution is 6.05. The van der Waals surface area contributed by atoms with Crippen molar-refractivity contribution >= 4 is 11.6 Å². The zero-order valence-corrected chi connectivity index (χ0v) is 13.3. The number of rotatable bonds is 2. The molecule has 0 N–H and O–H groups in total. The molecule has 0 radical (unpaired) electrons. The molecule has 1 unspecified atom stereocenters. The molecule has 126 valence electrons. The molecule has 0 saturated carbocycles. The van der Waals surface area contributed by atoms with Gasteiger partial charge in [-0.3, -0.25) is 9.69 Å². The van der Waals surface area contributed by atoms with E-state index in [1.165, 1.54) is 23.1 Å². The van der Waals surface area contributed by atoms with E-state index in [1.54, 1.807) is 35.4 Å². The molecule has 1 aliphatic rings. The summed E-state index contributed by atoms with van der Waals surface area (Å²) in [4.78, 5) is 19.9. The van der Waals surface area contributed by atoms with Crippen LogP contribution < -0.4 is 9.64 Å². The first-order chi connectivity index (χ1) is 12.1. The summed E-state index contributed by atoms with van der Waals surface area (Å²) in [6.07, 6.45) is 2.82. The summed E-state index contributed by atoms with van der Waals surface area (Å²) in [7, 11) is 0. The quantitative estimate of drug-likeness (QED) is 0.716. The number of anilines is 1. The van der Waals surface area contributed by atoms with Crippen molar-refractivity contribution in [2.24, 2.45) is 0 Å². The molecule has 1 aromatic carbocycles. The minimum Gasteiger partial charge on any atom is -0.471 e. The number of hydrogen-bond donors (Lipinski definition) is 0. The van der Waals surface area contributed by atoms with Gasteiger partial charge in [0.25, 0.3) is 5.91 Å². The third-order valence-corrected chi connectivity index (χ3v) is 3.81. The smallest absolute Gasteiger partial charge is 0.280 e. The van der Waals surface area contributed by atoms with E-state index in [0.717, 1.165) is 0 Å². The predicted molar refractivity (Wildman–Crippen MR) is 87.3 cm³/mol. The Morgan fingerprint density at radius 3 is 2.88 bits per heavy atom. The van der Waals surface area contributed by atoms with E-state index in [1.807, 2.05) is 6.92 Å². The summed E-state index contributed by atoms with van der Waals surface area (Å²) < 4.78 is 18.7. The van der Waals surface area contributed by atoms with Crippen molar-refractivity contribution in [2.75, 3.05) is 11.4 Å². The number of amides is 1. The lowest BCUT2D eigenvalue weighted by Crippen LogP contribution is -2.42. The van der Waals surface area contributed by atoms with Crippen LogP contribution in [0.15, 0.2) is 48.8 Å². The fourth-order valence-electron chi connectivity index (χ4n) is 2.65. The number of ether oxygens (including phenoxy) is 1. The van der Waals surface area contributed by atoms with Crippen molar-refractivity contribution in [2.45, 2.75) is 13.0 Å². The number of nitrogens with zero attached hydrogens (tertiary/aromatic N) is 5. The first-order valence-electron chi connectivity index (χ1n) is 7.73. The highest BCUT2D eigenvalue weighted by atomic mass is 19.1. The van der Waals surface area contributed by atoms with Gasteiger partial charge in [-0.25, -0.2) is 9.37 Å². The average Bonchev–Trinajstić information content (AvgIpc) is 3.11. The van der Waals surface area contributed by atoms with E-state index < -0.39 is 0 Å². The second kappa shape index (κ2) is 5.97. The number of hydrogen-bond acceptors (Lipinski definition) is 5. The number of aromatic nitrogens is 4. The third-order valence-electron chi connectivity index (χ3n) is 3.81. The van der Waals surface area contributed by atoms with Gasteiger partial charge in [-0.15, -0.1) is 5.10 Å². The van der Waals surface area contributed by atoms with Crippen LogP contribution in [0.3, 0.4) is 0 Å². The number of carbonyl (C=O) groups is 1. The Morgan fingerprint density at radius 1 is 1.28 bits per heavy atom. The molecule has 0 fully saturated rings. The maximum atomic E-state index is 13.0. The molecule has 25 heavy (non-hydrogen) atoms. The normalized spacial score (nSPS) is 16.2. The van der Waals surface area contributed by atoms with Gasteiger partial charge in [-0.05, 0) is 43.3 Å². The van der Waals surface area contributed by atoms with Crippen molar-refractivity contribution in [3.8, 4) is 11.6 Å². The molecule has 1 atom stereocenters. The van der Waals surface area contributed by atoms with Crippen LogP contribution in [-0.2, 0) is 0 Å². The minimum absolute atomic E-state index is 0.182. The lowest BCUT2D eigenvalue weighted by Gasteiger charge is -2.31. The number of benzene rings is 1. The van der Waals surface area contributed by atoms with E-state index in [4.69, 9.17) is 4.74 Å². The lowest BCUT2D eigenvalue weighted by molar-refractivity contribution is 0.0953. The van der Waals surface area contributed by atoms with Gasteiger partial charge in [-0.2, -0.15) is 9.90 Å². The fraction of sp³-hybridized carbons (Fsp3) is 0.176. The molecular formula is C17H14FN5O2. The van der Waals surface area contributed by atoms with Gasteiger partial charge >= 0.3 is 0 Å². The maximum absolute atomic E-state index is 13.0. The second-order valence-electron chi connectivity index (χ2n) is 5.67. The standard InChI is InChI=1S/C17H14FN5O2/c1-11-10-22(15-3-2-8-19-16(15)25-11)17(24)14-9-20-23(21-14)13-6-4-12(18)5-7-13/h2-9,11H,10H2,1H3. The van der Waals surface area contributed by atoms with Crippen molar-refractivity contribution < 1.29 is 13.9 Å². The Bertz CT molecular complexity index is 925. The Kier molecular flexibility index (Phi) is 3.64. The molecule has 4 rings (SSSR count). The zero-order valence-electron chi connectivity index (χ0n) is 13.3. The van der Waals surface area contributed by atoms with Gasteiger partial charge in [0.05, 0.1) is 18.4 Å². The van der Waals surface area contributed by atoms with Crippen molar-refractivity contribution in [1.29, 1.82) is 0 Å². The molecule has 0 saturated heterocycles. The van der Waals surface area contributed by atoms with Crippen molar-refractivity contribution in [3.05, 3.63) is 60.3 Å². The molecule has 7 nitrogen and oxygen atoms in total. The Hall–Kier alpha value is -3.29. The summed E-state index contributed by atoms with van der Waals surface area (Å²) in [6.45, 7) is 2.26. The van der Waals surface area contributed by atoms with Gasteiger partial charge < -0.3 is 4.74 Å². The van der Waals surface area contributed by atoms with Crippen LogP contribution in [0.5, 0.6) is 5.88 Å². The molecule has 3 aromatic rings. The van der Waals surface area contributed by atoms with Crippen LogP contribution >= 0.6 is 0 Å². The van der Waals surface area contributed by atoms with E-state index in [0.29, 0.717) is 23.8 Å². The van der Waals surface area contributed by atoms with Crippen molar-refractivity contribution in [3.63, 3.8) is 0 Å². The molecule has 3 heterocycles. The molecule has 0 aliphatic carbocycles. The summed E-state index contributed by atoms with van der Waals surface area (Å²) in [5, 5.41) is 8.31. The van der Waals surface area contributed by atoms with Gasteiger partial charge in [0, 0.05) is 6.20 Å². The number of pyridine rings is 1. The monoisotopic (exact) mass is 339 g/mol. The summed E-state index contributed by atoms with van der Waals surface area (Å²) in [6, 6.07) is 9.22. The first kappa shape index (κ1) is 15.3. The SMILES string of the molecule is CC1CN(C(=O)c2cnn(-c3ccc(F)cc3)n2)c2cccnc2O1. The molecule has 1 amide bonds. The Labute approximate surface area is 142 Å². The molecular weight excluding hydrogens is 325 g/mol. The van der Waals surface area contributed by atoms with Crippen molar-refractivity contribution in [1.82, 2.24) is 20.0 Å². The van der Waals surface area contributed by atoms with Crippen LogP contribution in [0.2, 0.25) is 0 Å². The first-order valence-corrected chi connectivity index (χ1v) is 7.73. The van der Waals surface area contributed by atoms with E-state index in [2.05, 4.69) is 15.2 Å². The molecule has 1 aliphatic heterocycles. The summed E-state index contributed by atoms with van der Waals surface area (Å²) >= 11 is 0. The lowest BCUT2D eigenvalue weighted by atomic mass is 10.2. The molecule has 8 heteroatoms. The highest BCUT2D eigenvalue weighted by Gasteiger charge is 2.30. The molecule has 0 spiro atoms. The highest BCUT2D eigenvalue weighted by Crippen LogP contribution is 2.31. The topological polar surface area (TPSA) is 73.1 Å². The van der Waals surface area contributed by atoms with Gasteiger partial charge in [-0.1, -0.05) is 0 Å². The minimum atomic E-state index is -0.349. The van der Waals surface area contributed by atoms with E-state index in [-0.39, 0.29) is 23.5 Å². The molecule has 2 aromatic heterocycles. The number of carbonyl (C=O) groups excluding carboxylic acids is 1. The van der Waals surface area contributed by atoms with E-state index >= 15 is 0 Å². The predicted octanol–water partition coefficient (Wildman–Crippen LogP) is 2.23. The van der Waals surface area contributed by atoms with Crippen LogP contribution in [-0.4, -0.2) is 38.5 Å². The second-order valence-corrected chi connectivity index (χ2v) is 5.67. The summed E-state index contributed by atoms with van der Waals surface area (Å²) in [5.74, 6) is -0.225. The maximum Gasteiger partial charge on any atom is 0.280 e. The zero-order chi connectivity index (χ0) is 17.4. The largest absolute Gasteiger partial charge is 0.471 e. The third kappa shape index (κ3) is 2.82. The summed E-state index contributed by atoms with van der Waals surface area (Å²) in [5.41, 5.74) is 1.35. The number of halogens is 1. The van der Waals surface area contributed by atoms with Crippen LogP contribution in [0.25, 0.3) is 5.69 Å². The Morgan fingerprint density at radius 2 is 2.08 bits per heavy atom. The van der Waals surface area contributed by atoms with Gasteiger partial charge in [0.2, 0.25) is 5.88 Å². The average molecular weight is 339 g/mol. The number of fused-ring (bicyclic) bond motifs is 1. The van der Waals surface area contributed by atoms with Gasteiger partial charge in [0.15, 0.2) is 5.69 Å².